The van der Waals surface area contributed by atoms with Crippen LogP contribution in [-0.2, 0) is 4.79 Å². The van der Waals surface area contributed by atoms with Gasteiger partial charge in [0.2, 0.25) is 5.91 Å². The minimum absolute atomic E-state index is 0.00279. The zero-order valence-corrected chi connectivity index (χ0v) is 12.1. The zero-order chi connectivity index (χ0) is 12.9. The van der Waals surface area contributed by atoms with Crippen molar-refractivity contribution in [1.82, 2.24) is 4.90 Å². The number of hydrogen-bond acceptors (Lipinski definition) is 1. The number of rotatable bonds is 2. The summed E-state index contributed by atoms with van der Waals surface area (Å²) in [4.78, 5) is 13.8. The molecule has 1 aliphatic rings. The molecule has 1 rings (SSSR count). The second kappa shape index (κ2) is 6.27. The van der Waals surface area contributed by atoms with Crippen molar-refractivity contribution in [2.75, 3.05) is 6.54 Å². The van der Waals surface area contributed by atoms with Crippen LogP contribution in [0.3, 0.4) is 0 Å². The maximum atomic E-state index is 11.7. The van der Waals surface area contributed by atoms with Crippen LogP contribution in [0.5, 0.6) is 0 Å². The Kier molecular flexibility index (Phi) is 6.06. The molecule has 0 aromatic carbocycles. The molecule has 1 fully saturated rings. The standard InChI is InChI=1S/C12H23NO.C2H6/c1-9(2)6-10-7-11(14)13(8-10)12(3,4)5;1-2/h9-10H,6-8H2,1-5H3;1-2H3. The van der Waals surface area contributed by atoms with Gasteiger partial charge in [-0.15, -0.1) is 0 Å². The number of carbonyl (C=O) groups excluding carboxylic acids is 1. The molecule has 0 aromatic heterocycles. The monoisotopic (exact) mass is 227 g/mol. The van der Waals surface area contributed by atoms with Gasteiger partial charge in [-0.3, -0.25) is 4.79 Å². The summed E-state index contributed by atoms with van der Waals surface area (Å²) >= 11 is 0. The average molecular weight is 227 g/mol. The van der Waals surface area contributed by atoms with Gasteiger partial charge in [0, 0.05) is 18.5 Å². The number of likely N-dealkylation sites (tertiary alicyclic amines) is 1. The van der Waals surface area contributed by atoms with Crippen LogP contribution in [0.1, 0.15) is 61.3 Å². The van der Waals surface area contributed by atoms with Crippen LogP contribution >= 0.6 is 0 Å². The Balaban J connectivity index is 0.00000106. The molecule has 16 heavy (non-hydrogen) atoms. The van der Waals surface area contributed by atoms with Crippen LogP contribution in [0.2, 0.25) is 0 Å². The molecule has 1 aliphatic heterocycles. The second-order valence-electron chi connectivity index (χ2n) is 5.87. The minimum Gasteiger partial charge on any atom is -0.338 e. The topological polar surface area (TPSA) is 20.3 Å². The lowest BCUT2D eigenvalue weighted by Gasteiger charge is -2.32. The zero-order valence-electron chi connectivity index (χ0n) is 12.1. The van der Waals surface area contributed by atoms with Crippen molar-refractivity contribution in [3.8, 4) is 0 Å². The number of nitrogens with zero attached hydrogens (tertiary/aromatic N) is 1. The van der Waals surface area contributed by atoms with E-state index < -0.39 is 0 Å². The Bertz CT molecular complexity index is 215. The predicted octanol–water partition coefficient (Wildman–Crippen LogP) is 3.71. The van der Waals surface area contributed by atoms with Crippen LogP contribution in [0, 0.1) is 11.8 Å². The highest BCUT2D eigenvalue weighted by molar-refractivity contribution is 5.79. The van der Waals surface area contributed by atoms with Crippen LogP contribution in [-0.4, -0.2) is 22.9 Å². The van der Waals surface area contributed by atoms with Gasteiger partial charge in [-0.1, -0.05) is 27.7 Å². The third kappa shape index (κ3) is 4.54. The third-order valence-electron chi connectivity index (χ3n) is 2.82. The van der Waals surface area contributed by atoms with Gasteiger partial charge in [0.15, 0.2) is 0 Å². The summed E-state index contributed by atoms with van der Waals surface area (Å²) in [5.41, 5.74) is 0.00279. The SMILES string of the molecule is CC.CC(C)CC1CC(=O)N(C(C)(C)C)C1. The molecule has 1 amide bonds. The molecule has 2 heteroatoms. The van der Waals surface area contributed by atoms with Crippen LogP contribution < -0.4 is 0 Å². The lowest BCUT2D eigenvalue weighted by atomic mass is 9.96. The summed E-state index contributed by atoms with van der Waals surface area (Å²) in [6.45, 7) is 15.8. The van der Waals surface area contributed by atoms with Crippen molar-refractivity contribution in [3.05, 3.63) is 0 Å². The quantitative estimate of drug-likeness (QED) is 0.704. The highest BCUT2D eigenvalue weighted by Crippen LogP contribution is 2.29. The summed E-state index contributed by atoms with van der Waals surface area (Å²) in [6.07, 6.45) is 1.94. The first-order chi connectivity index (χ1) is 7.30. The van der Waals surface area contributed by atoms with E-state index in [0.29, 0.717) is 17.7 Å². The molecule has 0 saturated carbocycles. The molecule has 96 valence electrons. The van der Waals surface area contributed by atoms with Gasteiger partial charge < -0.3 is 4.90 Å². The second-order valence-corrected chi connectivity index (χ2v) is 5.87. The van der Waals surface area contributed by atoms with E-state index in [1.807, 2.05) is 18.7 Å². The van der Waals surface area contributed by atoms with Crippen LogP contribution in [0.25, 0.3) is 0 Å². The first-order valence-corrected chi connectivity index (χ1v) is 6.61. The molecular formula is C14H29NO. The molecule has 0 N–H and O–H groups in total. The summed E-state index contributed by atoms with van der Waals surface area (Å²) in [6, 6.07) is 0. The van der Waals surface area contributed by atoms with Crippen LogP contribution in [0.4, 0.5) is 0 Å². The molecule has 1 saturated heterocycles. The van der Waals surface area contributed by atoms with Crippen molar-refractivity contribution < 1.29 is 4.79 Å². The largest absolute Gasteiger partial charge is 0.338 e. The van der Waals surface area contributed by atoms with E-state index in [1.165, 1.54) is 6.42 Å². The summed E-state index contributed by atoms with van der Waals surface area (Å²) in [5.74, 6) is 1.62. The number of amides is 1. The molecule has 0 aliphatic carbocycles. The summed E-state index contributed by atoms with van der Waals surface area (Å²) in [7, 11) is 0. The average Bonchev–Trinajstić information content (AvgIpc) is 2.48. The first-order valence-electron chi connectivity index (χ1n) is 6.61. The Morgan fingerprint density at radius 2 is 1.81 bits per heavy atom. The van der Waals surface area contributed by atoms with E-state index in [4.69, 9.17) is 0 Å². The van der Waals surface area contributed by atoms with Crippen molar-refractivity contribution in [2.45, 2.75) is 66.8 Å². The van der Waals surface area contributed by atoms with Crippen molar-refractivity contribution in [3.63, 3.8) is 0 Å². The van der Waals surface area contributed by atoms with E-state index >= 15 is 0 Å². The Morgan fingerprint density at radius 3 is 2.12 bits per heavy atom. The first kappa shape index (κ1) is 15.5. The Labute approximate surface area is 101 Å². The van der Waals surface area contributed by atoms with Gasteiger partial charge in [0.1, 0.15) is 0 Å². The van der Waals surface area contributed by atoms with Crippen molar-refractivity contribution in [2.24, 2.45) is 11.8 Å². The van der Waals surface area contributed by atoms with E-state index in [9.17, 15) is 4.79 Å². The maximum Gasteiger partial charge on any atom is 0.223 e. The third-order valence-corrected chi connectivity index (χ3v) is 2.82. The Hall–Kier alpha value is -0.530. The van der Waals surface area contributed by atoms with E-state index in [2.05, 4.69) is 34.6 Å². The predicted molar refractivity (Wildman–Crippen MR) is 70.4 cm³/mol. The molecule has 0 spiro atoms. The van der Waals surface area contributed by atoms with E-state index in [0.717, 1.165) is 13.0 Å². The Morgan fingerprint density at radius 1 is 1.31 bits per heavy atom. The minimum atomic E-state index is 0.00279. The van der Waals surface area contributed by atoms with Gasteiger partial charge >= 0.3 is 0 Å². The fourth-order valence-electron chi connectivity index (χ4n) is 2.25. The van der Waals surface area contributed by atoms with Gasteiger partial charge in [-0.2, -0.15) is 0 Å². The molecule has 1 unspecified atom stereocenters. The molecule has 0 radical (unpaired) electrons. The number of hydrogen-bond donors (Lipinski definition) is 0. The van der Waals surface area contributed by atoms with Crippen LogP contribution in [0.15, 0.2) is 0 Å². The molecular weight excluding hydrogens is 198 g/mol. The van der Waals surface area contributed by atoms with Gasteiger partial charge in [-0.05, 0) is 39.0 Å². The van der Waals surface area contributed by atoms with Gasteiger partial charge in [0.05, 0.1) is 0 Å². The van der Waals surface area contributed by atoms with Crippen molar-refractivity contribution in [1.29, 1.82) is 0 Å². The fourth-order valence-corrected chi connectivity index (χ4v) is 2.25. The molecule has 2 nitrogen and oxygen atoms in total. The lowest BCUT2D eigenvalue weighted by molar-refractivity contribution is -0.131. The van der Waals surface area contributed by atoms with E-state index in [-0.39, 0.29) is 5.54 Å². The van der Waals surface area contributed by atoms with Gasteiger partial charge in [-0.25, -0.2) is 0 Å². The normalized spacial score (nSPS) is 21.1. The van der Waals surface area contributed by atoms with Gasteiger partial charge in [0.25, 0.3) is 0 Å². The molecule has 1 atom stereocenters. The summed E-state index contributed by atoms with van der Waals surface area (Å²) < 4.78 is 0. The van der Waals surface area contributed by atoms with E-state index in [1.54, 1.807) is 0 Å². The molecule has 0 bridgehead atoms. The lowest BCUT2D eigenvalue weighted by Crippen LogP contribution is -2.42. The highest BCUT2D eigenvalue weighted by atomic mass is 16.2. The molecule has 0 aromatic rings. The summed E-state index contributed by atoms with van der Waals surface area (Å²) in [5, 5.41) is 0. The fraction of sp³-hybridized carbons (Fsp3) is 0.929. The number of carbonyl (C=O) groups is 1. The van der Waals surface area contributed by atoms with Crippen molar-refractivity contribution >= 4 is 5.91 Å². The maximum absolute atomic E-state index is 11.7. The highest BCUT2D eigenvalue weighted by Gasteiger charge is 2.35. The smallest absolute Gasteiger partial charge is 0.223 e. The molecule has 1 heterocycles.